The van der Waals surface area contributed by atoms with E-state index in [-0.39, 0.29) is 30.2 Å². The molecule has 3 rings (SSSR count). The van der Waals surface area contributed by atoms with Crippen molar-refractivity contribution in [3.8, 4) is 0 Å². The number of rotatable bonds is 7. The fourth-order valence-corrected chi connectivity index (χ4v) is 3.51. The molecule has 0 heterocycles. The highest BCUT2D eigenvalue weighted by atomic mass is 16.6. The van der Waals surface area contributed by atoms with Gasteiger partial charge in [-0.3, -0.25) is 19.8 Å². The lowest BCUT2D eigenvalue weighted by Gasteiger charge is -2.25. The van der Waals surface area contributed by atoms with Gasteiger partial charge >= 0.3 is 0 Å². The van der Waals surface area contributed by atoms with Crippen molar-refractivity contribution in [1.29, 1.82) is 0 Å². The minimum atomic E-state index is -0.408. The number of nitrogens with one attached hydrogen (secondary N) is 1. The molecule has 6 heteroatoms. The van der Waals surface area contributed by atoms with Crippen LogP contribution in [0.2, 0.25) is 0 Å². The van der Waals surface area contributed by atoms with Crippen LogP contribution in [0.25, 0.3) is 10.8 Å². The van der Waals surface area contributed by atoms with Crippen molar-refractivity contribution >= 4 is 22.4 Å². The van der Waals surface area contributed by atoms with E-state index in [9.17, 15) is 14.9 Å². The maximum absolute atomic E-state index is 12.6. The number of carbonyl (C=O) groups is 1. The van der Waals surface area contributed by atoms with Crippen LogP contribution < -0.4 is 5.32 Å². The summed E-state index contributed by atoms with van der Waals surface area (Å²) >= 11 is 0. The number of nitrogens with zero attached hydrogens (tertiary/aromatic N) is 2. The van der Waals surface area contributed by atoms with Gasteiger partial charge in [0.25, 0.3) is 5.69 Å². The number of non-ortho nitro benzene ring substituents is 1. The molecule has 3 aromatic rings. The molecular formula is C23H25N3O3. The summed E-state index contributed by atoms with van der Waals surface area (Å²) in [6, 6.07) is 20.5. The van der Waals surface area contributed by atoms with Gasteiger partial charge < -0.3 is 5.32 Å². The van der Waals surface area contributed by atoms with Crippen LogP contribution >= 0.6 is 0 Å². The van der Waals surface area contributed by atoms with Crippen molar-refractivity contribution in [2.45, 2.75) is 25.9 Å². The Balaban J connectivity index is 1.66. The van der Waals surface area contributed by atoms with Crippen LogP contribution in [0.5, 0.6) is 0 Å². The first-order valence-electron chi connectivity index (χ1n) is 9.58. The van der Waals surface area contributed by atoms with Crippen LogP contribution in [0.3, 0.4) is 0 Å². The Kier molecular flexibility index (Phi) is 6.24. The molecular weight excluding hydrogens is 366 g/mol. The number of fused-ring (bicyclic) bond motifs is 1. The molecule has 0 aliphatic carbocycles. The molecule has 0 aliphatic heterocycles. The van der Waals surface area contributed by atoms with Crippen molar-refractivity contribution in [1.82, 2.24) is 10.2 Å². The van der Waals surface area contributed by atoms with E-state index in [4.69, 9.17) is 0 Å². The van der Waals surface area contributed by atoms with E-state index >= 15 is 0 Å². The number of nitro groups is 1. The smallest absolute Gasteiger partial charge is 0.269 e. The third kappa shape index (κ3) is 4.78. The average molecular weight is 391 g/mol. The van der Waals surface area contributed by atoms with Gasteiger partial charge in [-0.25, -0.2) is 0 Å². The maximum Gasteiger partial charge on any atom is 0.269 e. The molecule has 29 heavy (non-hydrogen) atoms. The van der Waals surface area contributed by atoms with Gasteiger partial charge in [0, 0.05) is 18.2 Å². The molecule has 6 nitrogen and oxygen atoms in total. The van der Waals surface area contributed by atoms with Gasteiger partial charge in [-0.1, -0.05) is 54.6 Å². The zero-order valence-corrected chi connectivity index (χ0v) is 16.8. The molecule has 0 saturated carbocycles. The average Bonchev–Trinajstić information content (AvgIpc) is 2.72. The van der Waals surface area contributed by atoms with E-state index in [1.807, 2.05) is 56.1 Å². The molecule has 0 saturated heterocycles. The van der Waals surface area contributed by atoms with Crippen molar-refractivity contribution < 1.29 is 9.72 Å². The maximum atomic E-state index is 12.6. The predicted octanol–water partition coefficient (Wildman–Crippen LogP) is 4.62. The highest BCUT2D eigenvalue weighted by Crippen LogP contribution is 2.25. The van der Waals surface area contributed by atoms with Gasteiger partial charge in [-0.15, -0.1) is 0 Å². The Morgan fingerprint density at radius 1 is 1.07 bits per heavy atom. The van der Waals surface area contributed by atoms with Crippen molar-refractivity contribution in [2.24, 2.45) is 0 Å². The van der Waals surface area contributed by atoms with Crippen LogP contribution in [0.1, 0.15) is 37.1 Å². The van der Waals surface area contributed by atoms with Gasteiger partial charge in [0.15, 0.2) is 0 Å². The molecule has 0 spiro atoms. The van der Waals surface area contributed by atoms with Gasteiger partial charge in [-0.05, 0) is 42.8 Å². The van der Waals surface area contributed by atoms with Crippen molar-refractivity contribution in [2.75, 3.05) is 13.6 Å². The van der Waals surface area contributed by atoms with E-state index in [1.165, 1.54) is 6.07 Å². The lowest BCUT2D eigenvalue weighted by molar-refractivity contribution is -0.384. The Labute approximate surface area is 170 Å². The molecule has 150 valence electrons. The second-order valence-electron chi connectivity index (χ2n) is 7.30. The number of hydrogen-bond acceptors (Lipinski definition) is 4. The van der Waals surface area contributed by atoms with Gasteiger partial charge in [0.05, 0.1) is 17.5 Å². The molecule has 3 aromatic carbocycles. The van der Waals surface area contributed by atoms with Crippen molar-refractivity contribution in [3.63, 3.8) is 0 Å². The van der Waals surface area contributed by atoms with E-state index in [0.29, 0.717) is 0 Å². The summed E-state index contributed by atoms with van der Waals surface area (Å²) in [5.74, 6) is -0.0924. The topological polar surface area (TPSA) is 75.5 Å². The van der Waals surface area contributed by atoms with E-state index in [0.717, 1.165) is 21.9 Å². The van der Waals surface area contributed by atoms with Gasteiger partial charge in [-0.2, -0.15) is 0 Å². The van der Waals surface area contributed by atoms with Crippen LogP contribution in [-0.2, 0) is 4.79 Å². The van der Waals surface area contributed by atoms with Crippen LogP contribution in [0, 0.1) is 10.1 Å². The fourth-order valence-electron chi connectivity index (χ4n) is 3.51. The first-order chi connectivity index (χ1) is 13.9. The largest absolute Gasteiger partial charge is 0.348 e. The van der Waals surface area contributed by atoms with Crippen molar-refractivity contribution in [3.05, 3.63) is 88.0 Å². The summed E-state index contributed by atoms with van der Waals surface area (Å²) in [6.07, 6.45) is 0. The number of amides is 1. The zero-order valence-electron chi connectivity index (χ0n) is 16.8. The number of hydrogen-bond donors (Lipinski definition) is 1. The van der Waals surface area contributed by atoms with E-state index in [1.54, 1.807) is 12.1 Å². The first kappa shape index (κ1) is 20.5. The number of carbonyl (C=O) groups excluding carboxylic acids is 1. The predicted molar refractivity (Wildman–Crippen MR) is 115 cm³/mol. The minimum absolute atomic E-state index is 0.0526. The monoisotopic (exact) mass is 391 g/mol. The summed E-state index contributed by atoms with van der Waals surface area (Å²) in [7, 11) is 1.84. The van der Waals surface area contributed by atoms with E-state index < -0.39 is 4.92 Å². The van der Waals surface area contributed by atoms with Crippen LogP contribution in [0.4, 0.5) is 5.69 Å². The fraction of sp³-hybridized carbons (Fsp3) is 0.261. The second-order valence-corrected chi connectivity index (χ2v) is 7.30. The molecule has 2 unspecified atom stereocenters. The molecule has 0 radical (unpaired) electrons. The summed E-state index contributed by atoms with van der Waals surface area (Å²) in [6.45, 7) is 4.10. The van der Waals surface area contributed by atoms with Crippen LogP contribution in [-0.4, -0.2) is 29.3 Å². The second kappa shape index (κ2) is 8.84. The summed E-state index contributed by atoms with van der Waals surface area (Å²) < 4.78 is 0. The zero-order chi connectivity index (χ0) is 21.0. The normalized spacial score (nSPS) is 13.2. The third-order valence-corrected chi connectivity index (χ3v) is 5.28. The minimum Gasteiger partial charge on any atom is -0.348 e. The Morgan fingerprint density at radius 2 is 1.76 bits per heavy atom. The lowest BCUT2D eigenvalue weighted by Crippen LogP contribution is -2.37. The SMILES string of the molecule is CC(NC(=O)CN(C)C(C)c1cccc([N+](=O)[O-])c1)c1cccc2ccccc12. The number of likely N-dealkylation sites (N-methyl/N-ethyl adjacent to an activating group) is 1. The Bertz CT molecular complexity index is 1030. The third-order valence-electron chi connectivity index (χ3n) is 5.28. The standard InChI is InChI=1S/C23H25N3O3/c1-16(21-13-7-9-18-8-4-5-12-22(18)21)24-23(27)15-25(3)17(2)19-10-6-11-20(14-19)26(28)29/h4-14,16-17H,15H2,1-3H3,(H,24,27). The van der Waals surface area contributed by atoms with Gasteiger partial charge in [0.1, 0.15) is 0 Å². The molecule has 2 atom stereocenters. The highest BCUT2D eigenvalue weighted by Gasteiger charge is 2.19. The molecule has 0 aromatic heterocycles. The summed E-state index contributed by atoms with van der Waals surface area (Å²) in [4.78, 5) is 25.1. The lowest BCUT2D eigenvalue weighted by atomic mass is 9.99. The van der Waals surface area contributed by atoms with Crippen LogP contribution in [0.15, 0.2) is 66.7 Å². The quantitative estimate of drug-likeness (QED) is 0.471. The number of benzene rings is 3. The Hall–Kier alpha value is -3.25. The molecule has 0 aliphatic rings. The van der Waals surface area contributed by atoms with Gasteiger partial charge in [0.2, 0.25) is 5.91 Å². The molecule has 1 N–H and O–H groups in total. The molecule has 0 bridgehead atoms. The molecule has 1 amide bonds. The Morgan fingerprint density at radius 3 is 2.52 bits per heavy atom. The first-order valence-corrected chi connectivity index (χ1v) is 9.58. The van der Waals surface area contributed by atoms with E-state index in [2.05, 4.69) is 23.5 Å². The summed E-state index contributed by atoms with van der Waals surface area (Å²) in [5.41, 5.74) is 1.93. The summed E-state index contributed by atoms with van der Waals surface area (Å²) in [5, 5.41) is 16.3. The molecule has 0 fully saturated rings. The highest BCUT2D eigenvalue weighted by molar-refractivity contribution is 5.87. The number of nitro benzene ring substituents is 1.